The molecule has 0 atom stereocenters. The van der Waals surface area contributed by atoms with Crippen LogP contribution in [0.25, 0.3) is 0 Å². The monoisotopic (exact) mass is 342 g/mol. The van der Waals surface area contributed by atoms with Gasteiger partial charge in [-0.3, -0.25) is 4.79 Å². The molecule has 0 aromatic heterocycles. The van der Waals surface area contributed by atoms with Gasteiger partial charge >= 0.3 is 6.61 Å². The SMILES string of the molecule is NCCCOC1CCN(C(=O)Cc2ccccc2OC(F)F)CC1. The Morgan fingerprint density at radius 2 is 2.00 bits per heavy atom. The average Bonchev–Trinajstić information content (AvgIpc) is 2.57. The second-order valence-electron chi connectivity index (χ2n) is 5.76. The summed E-state index contributed by atoms with van der Waals surface area (Å²) in [5.41, 5.74) is 5.91. The molecule has 1 aromatic carbocycles. The van der Waals surface area contributed by atoms with E-state index in [0.29, 0.717) is 31.8 Å². The van der Waals surface area contributed by atoms with E-state index in [4.69, 9.17) is 10.5 Å². The van der Waals surface area contributed by atoms with E-state index in [1.54, 1.807) is 23.1 Å². The molecule has 0 unspecified atom stereocenters. The molecule has 2 rings (SSSR count). The van der Waals surface area contributed by atoms with Crippen LogP contribution in [0.4, 0.5) is 8.78 Å². The number of halogens is 2. The summed E-state index contributed by atoms with van der Waals surface area (Å²) in [5.74, 6) is -0.0263. The minimum Gasteiger partial charge on any atom is -0.435 e. The van der Waals surface area contributed by atoms with Crippen molar-refractivity contribution < 1.29 is 23.0 Å². The fourth-order valence-electron chi connectivity index (χ4n) is 2.74. The molecule has 1 heterocycles. The number of carbonyl (C=O) groups is 1. The van der Waals surface area contributed by atoms with Crippen molar-refractivity contribution >= 4 is 5.91 Å². The lowest BCUT2D eigenvalue weighted by molar-refractivity contribution is -0.133. The van der Waals surface area contributed by atoms with Crippen molar-refractivity contribution in [1.82, 2.24) is 4.90 Å². The first-order chi connectivity index (χ1) is 11.6. The summed E-state index contributed by atoms with van der Waals surface area (Å²) in [6, 6.07) is 6.40. The molecule has 5 nitrogen and oxygen atoms in total. The maximum atomic E-state index is 12.4. The number of amides is 1. The Balaban J connectivity index is 1.84. The smallest absolute Gasteiger partial charge is 0.387 e. The van der Waals surface area contributed by atoms with Gasteiger partial charge < -0.3 is 20.1 Å². The van der Waals surface area contributed by atoms with E-state index < -0.39 is 6.61 Å². The molecule has 1 fully saturated rings. The molecule has 1 aliphatic heterocycles. The van der Waals surface area contributed by atoms with Crippen molar-refractivity contribution in [2.75, 3.05) is 26.2 Å². The normalized spacial score (nSPS) is 15.8. The Labute approximate surface area is 140 Å². The Hall–Kier alpha value is -1.73. The van der Waals surface area contributed by atoms with E-state index in [2.05, 4.69) is 4.74 Å². The van der Waals surface area contributed by atoms with Crippen LogP contribution in [0.3, 0.4) is 0 Å². The first-order valence-corrected chi connectivity index (χ1v) is 8.22. The van der Waals surface area contributed by atoms with Crippen molar-refractivity contribution in [2.24, 2.45) is 5.73 Å². The Morgan fingerprint density at radius 1 is 1.29 bits per heavy atom. The minimum atomic E-state index is -2.90. The van der Waals surface area contributed by atoms with Crippen LogP contribution in [-0.4, -0.2) is 49.8 Å². The van der Waals surface area contributed by atoms with Gasteiger partial charge in [0.15, 0.2) is 0 Å². The quantitative estimate of drug-likeness (QED) is 0.736. The zero-order valence-electron chi connectivity index (χ0n) is 13.6. The average molecular weight is 342 g/mol. The molecule has 0 aliphatic carbocycles. The van der Waals surface area contributed by atoms with Crippen LogP contribution in [0, 0.1) is 0 Å². The number of ether oxygens (including phenoxy) is 2. The van der Waals surface area contributed by atoms with Crippen LogP contribution >= 0.6 is 0 Å². The third kappa shape index (κ3) is 5.72. The summed E-state index contributed by atoms with van der Waals surface area (Å²) >= 11 is 0. The Morgan fingerprint density at radius 3 is 2.67 bits per heavy atom. The second kappa shape index (κ2) is 9.54. The van der Waals surface area contributed by atoms with Crippen molar-refractivity contribution in [3.63, 3.8) is 0 Å². The van der Waals surface area contributed by atoms with Crippen molar-refractivity contribution in [2.45, 2.75) is 38.4 Å². The van der Waals surface area contributed by atoms with Gasteiger partial charge in [-0.15, -0.1) is 0 Å². The van der Waals surface area contributed by atoms with Gasteiger partial charge in [0.2, 0.25) is 5.91 Å². The first kappa shape index (κ1) is 18.6. The van der Waals surface area contributed by atoms with Gasteiger partial charge in [0, 0.05) is 25.3 Å². The molecule has 0 radical (unpaired) electrons. The maximum absolute atomic E-state index is 12.4. The summed E-state index contributed by atoms with van der Waals surface area (Å²) in [7, 11) is 0. The lowest BCUT2D eigenvalue weighted by atomic mass is 10.1. The summed E-state index contributed by atoms with van der Waals surface area (Å²) < 4.78 is 35.0. The van der Waals surface area contributed by atoms with E-state index in [0.717, 1.165) is 19.3 Å². The number of piperidine rings is 1. The number of alkyl halides is 2. The van der Waals surface area contributed by atoms with Crippen molar-refractivity contribution in [3.8, 4) is 5.75 Å². The van der Waals surface area contributed by atoms with Gasteiger partial charge in [-0.25, -0.2) is 0 Å². The van der Waals surface area contributed by atoms with Crippen molar-refractivity contribution in [1.29, 1.82) is 0 Å². The molecule has 0 spiro atoms. The lowest BCUT2D eigenvalue weighted by Crippen LogP contribution is -2.41. The van der Waals surface area contributed by atoms with Crippen LogP contribution < -0.4 is 10.5 Å². The third-order valence-electron chi connectivity index (χ3n) is 4.03. The van der Waals surface area contributed by atoms with E-state index in [1.807, 2.05) is 0 Å². The van der Waals surface area contributed by atoms with E-state index >= 15 is 0 Å². The van der Waals surface area contributed by atoms with E-state index in [1.165, 1.54) is 6.07 Å². The number of hydrogen-bond acceptors (Lipinski definition) is 4. The highest BCUT2D eigenvalue weighted by Crippen LogP contribution is 2.22. The van der Waals surface area contributed by atoms with Gasteiger partial charge in [-0.2, -0.15) is 8.78 Å². The Kier molecular flexibility index (Phi) is 7.39. The highest BCUT2D eigenvalue weighted by Gasteiger charge is 2.24. The number of nitrogens with two attached hydrogens (primary N) is 1. The van der Waals surface area contributed by atoms with Gasteiger partial charge in [-0.05, 0) is 31.9 Å². The number of nitrogens with zero attached hydrogens (tertiary/aromatic N) is 1. The zero-order chi connectivity index (χ0) is 17.4. The number of likely N-dealkylation sites (tertiary alicyclic amines) is 1. The predicted molar refractivity (Wildman–Crippen MR) is 86.0 cm³/mol. The van der Waals surface area contributed by atoms with Gasteiger partial charge in [0.05, 0.1) is 12.5 Å². The second-order valence-corrected chi connectivity index (χ2v) is 5.76. The standard InChI is InChI=1S/C17H24F2N2O3/c18-17(19)24-15-5-2-1-4-13(15)12-16(22)21-9-6-14(7-10-21)23-11-3-8-20/h1-2,4-5,14,17H,3,6-12,20H2. The molecule has 0 saturated carbocycles. The predicted octanol–water partition coefficient (Wildman–Crippen LogP) is 2.19. The number of benzene rings is 1. The fourth-order valence-corrected chi connectivity index (χ4v) is 2.74. The molecule has 1 saturated heterocycles. The largest absolute Gasteiger partial charge is 0.435 e. The molecule has 1 aliphatic rings. The van der Waals surface area contributed by atoms with Crippen LogP contribution in [0.15, 0.2) is 24.3 Å². The number of carbonyl (C=O) groups excluding carboxylic acids is 1. The van der Waals surface area contributed by atoms with Crippen LogP contribution in [0.1, 0.15) is 24.8 Å². The van der Waals surface area contributed by atoms with E-state index in [9.17, 15) is 13.6 Å². The molecular formula is C17H24F2N2O3. The minimum absolute atomic E-state index is 0.0563. The van der Waals surface area contributed by atoms with Gasteiger partial charge in [-0.1, -0.05) is 18.2 Å². The summed E-state index contributed by atoms with van der Waals surface area (Å²) in [6.45, 7) is -0.415. The molecule has 134 valence electrons. The number of para-hydroxylation sites is 1. The molecular weight excluding hydrogens is 318 g/mol. The first-order valence-electron chi connectivity index (χ1n) is 8.22. The van der Waals surface area contributed by atoms with Crippen LogP contribution in [0.2, 0.25) is 0 Å². The molecule has 0 bridgehead atoms. The fraction of sp³-hybridized carbons (Fsp3) is 0.588. The van der Waals surface area contributed by atoms with Crippen LogP contribution in [0.5, 0.6) is 5.75 Å². The van der Waals surface area contributed by atoms with Gasteiger partial charge in [0.25, 0.3) is 0 Å². The van der Waals surface area contributed by atoms with Crippen LogP contribution in [-0.2, 0) is 16.0 Å². The topological polar surface area (TPSA) is 64.8 Å². The molecule has 24 heavy (non-hydrogen) atoms. The van der Waals surface area contributed by atoms with Crippen molar-refractivity contribution in [3.05, 3.63) is 29.8 Å². The summed E-state index contributed by atoms with van der Waals surface area (Å²) in [4.78, 5) is 14.2. The summed E-state index contributed by atoms with van der Waals surface area (Å²) in [5, 5.41) is 0. The number of rotatable bonds is 8. The molecule has 2 N–H and O–H groups in total. The highest BCUT2D eigenvalue weighted by molar-refractivity contribution is 5.79. The lowest BCUT2D eigenvalue weighted by Gasteiger charge is -2.32. The van der Waals surface area contributed by atoms with E-state index in [-0.39, 0.29) is 24.2 Å². The molecule has 1 amide bonds. The van der Waals surface area contributed by atoms with Gasteiger partial charge in [0.1, 0.15) is 5.75 Å². The third-order valence-corrected chi connectivity index (χ3v) is 4.03. The maximum Gasteiger partial charge on any atom is 0.387 e. The zero-order valence-corrected chi connectivity index (χ0v) is 13.6. The number of hydrogen-bond donors (Lipinski definition) is 1. The highest BCUT2D eigenvalue weighted by atomic mass is 19.3. The molecule has 1 aromatic rings. The summed E-state index contributed by atoms with van der Waals surface area (Å²) in [6.07, 6.45) is 2.62. The molecule has 7 heteroatoms. The Bertz CT molecular complexity index is 520.